The minimum atomic E-state index is -1.11. The Hall–Kier alpha value is -2.48. The number of benzene rings is 1. The topological polar surface area (TPSA) is 99.6 Å². The van der Waals surface area contributed by atoms with Crippen LogP contribution in [0.25, 0.3) is 10.2 Å². The highest BCUT2D eigenvalue weighted by atomic mass is 32.1. The summed E-state index contributed by atoms with van der Waals surface area (Å²) in [5.41, 5.74) is 1.54. The molecule has 8 heteroatoms. The quantitative estimate of drug-likeness (QED) is 0.874. The van der Waals surface area contributed by atoms with E-state index < -0.39 is 24.3 Å². The predicted octanol–water partition coefficient (Wildman–Crippen LogP) is 1.16. The summed E-state index contributed by atoms with van der Waals surface area (Å²) in [4.78, 5) is 40.6. The van der Waals surface area contributed by atoms with Crippen molar-refractivity contribution in [1.82, 2.24) is 10.3 Å². The Kier molecular flexibility index (Phi) is 3.99. The number of hydrogen-bond donors (Lipinski definition) is 2. The summed E-state index contributed by atoms with van der Waals surface area (Å²) in [7, 11) is 0. The largest absolute Gasteiger partial charge is 0.480 e. The van der Waals surface area contributed by atoms with Gasteiger partial charge in [-0.3, -0.25) is 14.4 Å². The van der Waals surface area contributed by atoms with E-state index in [1.165, 1.54) is 0 Å². The van der Waals surface area contributed by atoms with E-state index in [0.29, 0.717) is 5.69 Å². The van der Waals surface area contributed by atoms with Gasteiger partial charge in [-0.1, -0.05) is 0 Å². The van der Waals surface area contributed by atoms with Gasteiger partial charge < -0.3 is 15.3 Å². The monoisotopic (exact) mass is 333 g/mol. The van der Waals surface area contributed by atoms with Crippen molar-refractivity contribution in [3.63, 3.8) is 0 Å². The summed E-state index contributed by atoms with van der Waals surface area (Å²) in [6, 6.07) is 5.60. The highest BCUT2D eigenvalue weighted by molar-refractivity contribution is 7.18. The van der Waals surface area contributed by atoms with Gasteiger partial charge in [0, 0.05) is 18.7 Å². The average Bonchev–Trinajstić information content (AvgIpc) is 3.05. The minimum Gasteiger partial charge on any atom is -0.480 e. The summed E-state index contributed by atoms with van der Waals surface area (Å²) in [6.07, 6.45) is 0.0829. The van der Waals surface area contributed by atoms with Crippen molar-refractivity contribution in [3.8, 4) is 0 Å². The Morgan fingerprint density at radius 3 is 3.00 bits per heavy atom. The van der Waals surface area contributed by atoms with Gasteiger partial charge in [0.05, 0.1) is 21.1 Å². The first-order valence-electron chi connectivity index (χ1n) is 7.11. The molecule has 2 heterocycles. The van der Waals surface area contributed by atoms with Gasteiger partial charge >= 0.3 is 5.97 Å². The standard InChI is InChI=1S/C15H15N3O4S/c1-8-17-11-5-10(2-3-12(11)23-8)18-7-9(4-13(18)19)15(22)16-6-14(20)21/h2-3,5,9H,4,6-7H2,1H3,(H,16,22)(H,20,21). The van der Waals surface area contributed by atoms with Crippen molar-refractivity contribution in [3.05, 3.63) is 23.2 Å². The highest BCUT2D eigenvalue weighted by Gasteiger charge is 2.35. The molecular weight excluding hydrogens is 318 g/mol. The second kappa shape index (κ2) is 5.96. The van der Waals surface area contributed by atoms with Gasteiger partial charge in [-0.2, -0.15) is 0 Å². The predicted molar refractivity (Wildman–Crippen MR) is 85.5 cm³/mol. The molecule has 2 N–H and O–H groups in total. The van der Waals surface area contributed by atoms with Crippen LogP contribution in [0.1, 0.15) is 11.4 Å². The summed E-state index contributed by atoms with van der Waals surface area (Å²) in [5, 5.41) is 11.9. The summed E-state index contributed by atoms with van der Waals surface area (Å²) >= 11 is 1.58. The number of aryl methyl sites for hydroxylation is 1. The van der Waals surface area contributed by atoms with E-state index in [1.807, 2.05) is 25.1 Å². The number of aliphatic carboxylic acids is 1. The molecular formula is C15H15N3O4S. The normalized spacial score (nSPS) is 17.7. The maximum atomic E-state index is 12.2. The Labute approximate surface area is 135 Å². The molecule has 3 rings (SSSR count). The van der Waals surface area contributed by atoms with Gasteiger partial charge in [-0.15, -0.1) is 11.3 Å². The first-order chi connectivity index (χ1) is 10.9. The van der Waals surface area contributed by atoms with Gasteiger partial charge in [0.2, 0.25) is 11.8 Å². The van der Waals surface area contributed by atoms with Crippen LogP contribution in [-0.2, 0) is 14.4 Å². The number of amides is 2. The molecule has 0 saturated carbocycles. The molecule has 1 saturated heterocycles. The van der Waals surface area contributed by atoms with Crippen molar-refractivity contribution < 1.29 is 19.5 Å². The molecule has 1 unspecified atom stereocenters. The van der Waals surface area contributed by atoms with Crippen LogP contribution in [-0.4, -0.2) is 41.0 Å². The zero-order valence-corrected chi connectivity index (χ0v) is 13.2. The molecule has 1 atom stereocenters. The first kappa shape index (κ1) is 15.4. The third kappa shape index (κ3) is 3.16. The number of carbonyl (C=O) groups excluding carboxylic acids is 2. The molecule has 0 aliphatic carbocycles. The number of carboxylic acids is 1. The summed E-state index contributed by atoms with van der Waals surface area (Å²) in [6.45, 7) is 1.74. The number of hydrogen-bond acceptors (Lipinski definition) is 5. The number of carboxylic acid groups (broad SMARTS) is 1. The molecule has 1 fully saturated rings. The van der Waals surface area contributed by atoms with E-state index in [-0.39, 0.29) is 18.9 Å². The minimum absolute atomic E-state index is 0.0829. The molecule has 1 aliphatic heterocycles. The van der Waals surface area contributed by atoms with Crippen molar-refractivity contribution in [1.29, 1.82) is 0 Å². The molecule has 7 nitrogen and oxygen atoms in total. The van der Waals surface area contributed by atoms with E-state index >= 15 is 0 Å². The second-order valence-corrected chi connectivity index (χ2v) is 6.64. The Morgan fingerprint density at radius 2 is 2.26 bits per heavy atom. The lowest BCUT2D eigenvalue weighted by molar-refractivity contribution is -0.138. The lowest BCUT2D eigenvalue weighted by Gasteiger charge is -2.16. The Morgan fingerprint density at radius 1 is 1.48 bits per heavy atom. The zero-order valence-electron chi connectivity index (χ0n) is 12.4. The van der Waals surface area contributed by atoms with Crippen molar-refractivity contribution in [2.75, 3.05) is 18.0 Å². The molecule has 0 spiro atoms. The number of fused-ring (bicyclic) bond motifs is 1. The molecule has 0 radical (unpaired) electrons. The van der Waals surface area contributed by atoms with Crippen LogP contribution in [0.15, 0.2) is 18.2 Å². The number of nitrogens with zero attached hydrogens (tertiary/aromatic N) is 2. The lowest BCUT2D eigenvalue weighted by atomic mass is 10.1. The fourth-order valence-corrected chi connectivity index (χ4v) is 3.45. The van der Waals surface area contributed by atoms with E-state index in [0.717, 1.165) is 15.2 Å². The Bertz CT molecular complexity index is 801. The fourth-order valence-electron chi connectivity index (χ4n) is 2.64. The molecule has 1 aliphatic rings. The number of nitrogens with one attached hydrogen (secondary N) is 1. The number of rotatable bonds is 4. The summed E-state index contributed by atoms with van der Waals surface area (Å²) < 4.78 is 1.05. The van der Waals surface area contributed by atoms with Gasteiger partial charge in [-0.05, 0) is 25.1 Å². The zero-order chi connectivity index (χ0) is 16.6. The van der Waals surface area contributed by atoms with Crippen LogP contribution in [0.5, 0.6) is 0 Å². The molecule has 2 amide bonds. The van der Waals surface area contributed by atoms with Crippen molar-refractivity contribution in [2.45, 2.75) is 13.3 Å². The van der Waals surface area contributed by atoms with Gasteiger partial charge in [-0.25, -0.2) is 4.98 Å². The number of aromatic nitrogens is 1. The smallest absolute Gasteiger partial charge is 0.322 e. The molecule has 2 aromatic rings. The van der Waals surface area contributed by atoms with E-state index in [1.54, 1.807) is 16.2 Å². The van der Waals surface area contributed by atoms with Crippen LogP contribution in [0.3, 0.4) is 0 Å². The third-order valence-electron chi connectivity index (χ3n) is 3.70. The maximum absolute atomic E-state index is 12.2. The van der Waals surface area contributed by atoms with Gasteiger partial charge in [0.1, 0.15) is 6.54 Å². The van der Waals surface area contributed by atoms with Crippen LogP contribution in [0.4, 0.5) is 5.69 Å². The van der Waals surface area contributed by atoms with Gasteiger partial charge in [0.25, 0.3) is 0 Å². The first-order valence-corrected chi connectivity index (χ1v) is 7.93. The molecule has 1 aromatic carbocycles. The fraction of sp³-hybridized carbons (Fsp3) is 0.333. The number of anilines is 1. The SMILES string of the molecule is Cc1nc2cc(N3CC(C(=O)NCC(=O)O)CC3=O)ccc2s1. The van der Waals surface area contributed by atoms with Crippen LogP contribution < -0.4 is 10.2 Å². The van der Waals surface area contributed by atoms with Crippen LogP contribution in [0.2, 0.25) is 0 Å². The van der Waals surface area contributed by atoms with Crippen molar-refractivity contribution >= 4 is 45.0 Å². The van der Waals surface area contributed by atoms with E-state index in [4.69, 9.17) is 5.11 Å². The number of carbonyl (C=O) groups is 3. The second-order valence-electron chi connectivity index (χ2n) is 5.40. The van der Waals surface area contributed by atoms with E-state index in [9.17, 15) is 14.4 Å². The molecule has 23 heavy (non-hydrogen) atoms. The Balaban J connectivity index is 1.76. The summed E-state index contributed by atoms with van der Waals surface area (Å²) in [5.74, 6) is -2.20. The van der Waals surface area contributed by atoms with Crippen LogP contribution in [0, 0.1) is 12.8 Å². The highest BCUT2D eigenvalue weighted by Crippen LogP contribution is 2.30. The van der Waals surface area contributed by atoms with Crippen LogP contribution >= 0.6 is 11.3 Å². The molecule has 1 aromatic heterocycles. The number of thiazole rings is 1. The van der Waals surface area contributed by atoms with E-state index in [2.05, 4.69) is 10.3 Å². The lowest BCUT2D eigenvalue weighted by Crippen LogP contribution is -2.36. The average molecular weight is 333 g/mol. The maximum Gasteiger partial charge on any atom is 0.322 e. The molecule has 120 valence electrons. The van der Waals surface area contributed by atoms with Gasteiger partial charge in [0.15, 0.2) is 0 Å². The molecule has 0 bridgehead atoms. The third-order valence-corrected chi connectivity index (χ3v) is 4.65. The van der Waals surface area contributed by atoms with Crippen molar-refractivity contribution in [2.24, 2.45) is 5.92 Å².